The molecular formula is C14H21N3O2. The lowest BCUT2D eigenvalue weighted by Crippen LogP contribution is -2.42. The van der Waals surface area contributed by atoms with Gasteiger partial charge in [-0.3, -0.25) is 0 Å². The van der Waals surface area contributed by atoms with E-state index in [0.29, 0.717) is 11.7 Å². The van der Waals surface area contributed by atoms with E-state index in [1.54, 1.807) is 6.07 Å². The van der Waals surface area contributed by atoms with Crippen LogP contribution in [0.25, 0.3) is 0 Å². The highest BCUT2D eigenvalue weighted by Gasteiger charge is 2.22. The molecule has 19 heavy (non-hydrogen) atoms. The molecule has 0 aliphatic carbocycles. The van der Waals surface area contributed by atoms with Gasteiger partial charge in [-0.2, -0.15) is 0 Å². The molecule has 5 nitrogen and oxygen atoms in total. The molecule has 0 radical (unpaired) electrons. The molecule has 1 fully saturated rings. The van der Waals surface area contributed by atoms with Crippen molar-refractivity contribution in [3.63, 3.8) is 0 Å². The monoisotopic (exact) mass is 263 g/mol. The minimum absolute atomic E-state index is 0.240. The molecule has 2 rings (SSSR count). The summed E-state index contributed by atoms with van der Waals surface area (Å²) in [6.45, 7) is 1.92. The Hall–Kier alpha value is -1.75. The number of nitrogens with two attached hydrogens (primary N) is 1. The molecule has 0 bridgehead atoms. The average molecular weight is 263 g/mol. The largest absolute Gasteiger partial charge is 0.478 e. The zero-order chi connectivity index (χ0) is 14.0. The molecule has 0 saturated carbocycles. The van der Waals surface area contributed by atoms with Gasteiger partial charge in [-0.25, -0.2) is 4.79 Å². The van der Waals surface area contributed by atoms with Gasteiger partial charge in [-0.05, 0) is 45.1 Å². The zero-order valence-corrected chi connectivity index (χ0v) is 11.5. The average Bonchev–Trinajstić information content (AvgIpc) is 2.38. The van der Waals surface area contributed by atoms with E-state index < -0.39 is 5.97 Å². The van der Waals surface area contributed by atoms with Gasteiger partial charge in [-0.1, -0.05) is 0 Å². The number of aromatic carboxylic acids is 1. The molecule has 5 heteroatoms. The van der Waals surface area contributed by atoms with Crippen LogP contribution in [-0.2, 0) is 0 Å². The van der Waals surface area contributed by atoms with Crippen LogP contribution in [0, 0.1) is 0 Å². The van der Waals surface area contributed by atoms with Gasteiger partial charge in [-0.15, -0.1) is 0 Å². The quantitative estimate of drug-likeness (QED) is 0.809. The minimum atomic E-state index is -0.940. The van der Waals surface area contributed by atoms with Gasteiger partial charge in [0.15, 0.2) is 0 Å². The number of carboxylic acids is 1. The van der Waals surface area contributed by atoms with Gasteiger partial charge >= 0.3 is 5.97 Å². The van der Waals surface area contributed by atoms with E-state index in [1.165, 1.54) is 6.07 Å². The molecule has 0 amide bonds. The zero-order valence-electron chi connectivity index (χ0n) is 11.5. The molecule has 1 heterocycles. The number of rotatable bonds is 3. The van der Waals surface area contributed by atoms with Crippen LogP contribution >= 0.6 is 0 Å². The van der Waals surface area contributed by atoms with Crippen molar-refractivity contribution in [1.82, 2.24) is 4.90 Å². The molecule has 3 N–H and O–H groups in total. The molecule has 0 atom stereocenters. The summed E-state index contributed by atoms with van der Waals surface area (Å²) in [4.78, 5) is 15.4. The number of nitrogens with zero attached hydrogens (tertiary/aromatic N) is 2. The van der Waals surface area contributed by atoms with Crippen molar-refractivity contribution in [2.24, 2.45) is 0 Å². The van der Waals surface area contributed by atoms with Gasteiger partial charge in [0.2, 0.25) is 0 Å². The van der Waals surface area contributed by atoms with E-state index in [1.807, 2.05) is 6.07 Å². The van der Waals surface area contributed by atoms with Crippen LogP contribution in [0.3, 0.4) is 0 Å². The van der Waals surface area contributed by atoms with Crippen molar-refractivity contribution in [1.29, 1.82) is 0 Å². The highest BCUT2D eigenvalue weighted by Crippen LogP contribution is 2.28. The second-order valence-corrected chi connectivity index (χ2v) is 5.26. The number of hydrogen-bond acceptors (Lipinski definition) is 4. The van der Waals surface area contributed by atoms with E-state index in [9.17, 15) is 4.79 Å². The Labute approximate surface area is 113 Å². The van der Waals surface area contributed by atoms with Gasteiger partial charge in [0.25, 0.3) is 0 Å². The van der Waals surface area contributed by atoms with Crippen molar-refractivity contribution < 1.29 is 9.90 Å². The topological polar surface area (TPSA) is 69.8 Å². The second kappa shape index (κ2) is 5.48. The summed E-state index contributed by atoms with van der Waals surface area (Å²) < 4.78 is 0. The molecule has 0 unspecified atom stereocenters. The maximum atomic E-state index is 10.9. The highest BCUT2D eigenvalue weighted by molar-refractivity contribution is 5.90. The fourth-order valence-corrected chi connectivity index (χ4v) is 2.60. The molecule has 0 aromatic heterocycles. The van der Waals surface area contributed by atoms with Crippen LogP contribution in [-0.4, -0.2) is 49.2 Å². The predicted molar refractivity (Wildman–Crippen MR) is 76.7 cm³/mol. The first-order valence-electron chi connectivity index (χ1n) is 6.53. The molecule has 0 spiro atoms. The van der Waals surface area contributed by atoms with Gasteiger partial charge in [0, 0.05) is 19.1 Å². The van der Waals surface area contributed by atoms with E-state index >= 15 is 0 Å². The third-order valence-corrected chi connectivity index (χ3v) is 3.81. The fourth-order valence-electron chi connectivity index (χ4n) is 2.60. The first-order valence-corrected chi connectivity index (χ1v) is 6.53. The Balaban J connectivity index is 2.09. The maximum absolute atomic E-state index is 10.9. The third-order valence-electron chi connectivity index (χ3n) is 3.81. The summed E-state index contributed by atoms with van der Waals surface area (Å²) in [6.07, 6.45) is 2.21. The lowest BCUT2D eigenvalue weighted by atomic mass is 10.0. The number of carbonyl (C=O) groups is 1. The fraction of sp³-hybridized carbons (Fsp3) is 0.500. The van der Waals surface area contributed by atoms with E-state index in [4.69, 9.17) is 10.8 Å². The minimum Gasteiger partial charge on any atom is -0.478 e. The molecule has 104 valence electrons. The maximum Gasteiger partial charge on any atom is 0.335 e. The smallest absolute Gasteiger partial charge is 0.335 e. The van der Waals surface area contributed by atoms with Crippen LogP contribution in [0.1, 0.15) is 23.2 Å². The summed E-state index contributed by atoms with van der Waals surface area (Å²) in [6, 6.07) is 5.59. The molecule has 1 saturated heterocycles. The Morgan fingerprint density at radius 2 is 2.00 bits per heavy atom. The van der Waals surface area contributed by atoms with Crippen LogP contribution < -0.4 is 10.6 Å². The van der Waals surface area contributed by atoms with Crippen LogP contribution in [0.2, 0.25) is 0 Å². The predicted octanol–water partition coefficient (Wildman–Crippen LogP) is 1.50. The van der Waals surface area contributed by atoms with E-state index in [0.717, 1.165) is 31.6 Å². The molecule has 1 aromatic rings. The highest BCUT2D eigenvalue weighted by atomic mass is 16.4. The van der Waals surface area contributed by atoms with Crippen molar-refractivity contribution in [3.8, 4) is 0 Å². The Bertz CT molecular complexity index is 466. The summed E-state index contributed by atoms with van der Waals surface area (Å²) in [5, 5.41) is 8.93. The van der Waals surface area contributed by atoms with Gasteiger partial charge in [0.1, 0.15) is 0 Å². The number of piperidine rings is 1. The van der Waals surface area contributed by atoms with Crippen LogP contribution in [0.4, 0.5) is 11.4 Å². The summed E-state index contributed by atoms with van der Waals surface area (Å²) in [5.74, 6) is -0.940. The van der Waals surface area contributed by atoms with Crippen LogP contribution in [0.15, 0.2) is 18.2 Å². The lowest BCUT2D eigenvalue weighted by molar-refractivity contribution is 0.0697. The van der Waals surface area contributed by atoms with Crippen LogP contribution in [0.5, 0.6) is 0 Å². The Morgan fingerprint density at radius 1 is 1.37 bits per heavy atom. The summed E-state index contributed by atoms with van der Waals surface area (Å²) in [7, 11) is 4.21. The molecule has 1 aliphatic heterocycles. The van der Waals surface area contributed by atoms with Gasteiger partial charge < -0.3 is 20.6 Å². The number of carboxylic acid groups (broad SMARTS) is 1. The lowest BCUT2D eigenvalue weighted by Gasteiger charge is -2.37. The Kier molecular flexibility index (Phi) is 3.95. The third kappa shape index (κ3) is 2.98. The SMILES string of the molecule is CN(C)C1CCN(c2ccc(C(=O)O)cc2N)CC1. The Morgan fingerprint density at radius 3 is 2.47 bits per heavy atom. The number of nitrogen functional groups attached to an aromatic ring is 1. The number of hydrogen-bond donors (Lipinski definition) is 2. The first kappa shape index (κ1) is 13.7. The van der Waals surface area contributed by atoms with Crippen molar-refractivity contribution in [2.45, 2.75) is 18.9 Å². The first-order chi connectivity index (χ1) is 8.99. The normalized spacial score (nSPS) is 16.9. The van der Waals surface area contributed by atoms with Crippen molar-refractivity contribution in [3.05, 3.63) is 23.8 Å². The second-order valence-electron chi connectivity index (χ2n) is 5.26. The van der Waals surface area contributed by atoms with Crippen molar-refractivity contribution in [2.75, 3.05) is 37.8 Å². The van der Waals surface area contributed by atoms with Crippen molar-refractivity contribution >= 4 is 17.3 Å². The molecule has 1 aromatic carbocycles. The molecular weight excluding hydrogens is 242 g/mol. The standard InChI is InChI=1S/C14H21N3O2/c1-16(2)11-5-7-17(8-6-11)13-4-3-10(14(18)19)9-12(13)15/h3-4,9,11H,5-8,15H2,1-2H3,(H,18,19). The summed E-state index contributed by atoms with van der Waals surface area (Å²) in [5.41, 5.74) is 7.70. The van der Waals surface area contributed by atoms with Gasteiger partial charge in [0.05, 0.1) is 16.9 Å². The van der Waals surface area contributed by atoms with E-state index in [2.05, 4.69) is 23.9 Å². The number of benzene rings is 1. The molecule has 1 aliphatic rings. The number of anilines is 2. The summed E-state index contributed by atoms with van der Waals surface area (Å²) >= 11 is 0. The van der Waals surface area contributed by atoms with E-state index in [-0.39, 0.29) is 5.56 Å².